The van der Waals surface area contributed by atoms with Crippen molar-refractivity contribution in [2.75, 3.05) is 0 Å². The van der Waals surface area contributed by atoms with Gasteiger partial charge in [-0.1, -0.05) is 12.1 Å². The molecule has 1 heterocycles. The van der Waals surface area contributed by atoms with Gasteiger partial charge in [-0.2, -0.15) is 13.2 Å². The van der Waals surface area contributed by atoms with Crippen molar-refractivity contribution in [3.8, 4) is 11.3 Å². The SMILES string of the molecule is CC(N)Cc1nc(-c2cccc(C(F)(F)F)c2)cs1. The average Bonchev–Trinajstić information content (AvgIpc) is 2.76. The van der Waals surface area contributed by atoms with Gasteiger partial charge in [0.15, 0.2) is 0 Å². The molecule has 1 aromatic carbocycles. The van der Waals surface area contributed by atoms with Gasteiger partial charge >= 0.3 is 6.18 Å². The van der Waals surface area contributed by atoms with Gasteiger partial charge in [0.25, 0.3) is 0 Å². The summed E-state index contributed by atoms with van der Waals surface area (Å²) in [5.74, 6) is 0. The lowest BCUT2D eigenvalue weighted by molar-refractivity contribution is -0.137. The fraction of sp³-hybridized carbons (Fsp3) is 0.308. The van der Waals surface area contributed by atoms with Crippen LogP contribution in [0.2, 0.25) is 0 Å². The van der Waals surface area contributed by atoms with E-state index in [1.807, 2.05) is 6.92 Å². The first-order valence-electron chi connectivity index (χ1n) is 5.74. The third kappa shape index (κ3) is 3.54. The van der Waals surface area contributed by atoms with Crippen molar-refractivity contribution in [3.63, 3.8) is 0 Å². The highest BCUT2D eigenvalue weighted by Gasteiger charge is 2.30. The normalized spacial score (nSPS) is 13.5. The van der Waals surface area contributed by atoms with Gasteiger partial charge in [0.1, 0.15) is 0 Å². The summed E-state index contributed by atoms with van der Waals surface area (Å²) in [6, 6.07) is 5.17. The molecule has 102 valence electrons. The topological polar surface area (TPSA) is 38.9 Å². The summed E-state index contributed by atoms with van der Waals surface area (Å²) in [6.07, 6.45) is -3.70. The molecule has 0 bridgehead atoms. The maximum absolute atomic E-state index is 12.6. The van der Waals surface area contributed by atoms with E-state index in [0.717, 1.165) is 17.1 Å². The van der Waals surface area contributed by atoms with Gasteiger partial charge in [-0.3, -0.25) is 0 Å². The number of hydrogen-bond acceptors (Lipinski definition) is 3. The van der Waals surface area contributed by atoms with E-state index >= 15 is 0 Å². The van der Waals surface area contributed by atoms with Crippen molar-refractivity contribution in [3.05, 3.63) is 40.2 Å². The van der Waals surface area contributed by atoms with E-state index in [9.17, 15) is 13.2 Å². The maximum Gasteiger partial charge on any atom is 0.416 e. The van der Waals surface area contributed by atoms with Crippen LogP contribution in [0.25, 0.3) is 11.3 Å². The first kappa shape index (κ1) is 14.0. The highest BCUT2D eigenvalue weighted by Crippen LogP contribution is 2.32. The molecule has 0 radical (unpaired) electrons. The average molecular weight is 286 g/mol. The minimum absolute atomic E-state index is 0.0134. The quantitative estimate of drug-likeness (QED) is 0.934. The van der Waals surface area contributed by atoms with E-state index in [2.05, 4.69) is 4.98 Å². The number of nitrogens with two attached hydrogens (primary N) is 1. The minimum atomic E-state index is -4.33. The highest BCUT2D eigenvalue weighted by atomic mass is 32.1. The number of aromatic nitrogens is 1. The van der Waals surface area contributed by atoms with Crippen molar-refractivity contribution >= 4 is 11.3 Å². The number of halogens is 3. The Morgan fingerprint density at radius 3 is 2.74 bits per heavy atom. The lowest BCUT2D eigenvalue weighted by atomic mass is 10.1. The predicted molar refractivity (Wildman–Crippen MR) is 69.9 cm³/mol. The van der Waals surface area contributed by atoms with Crippen LogP contribution in [0.15, 0.2) is 29.6 Å². The first-order chi connectivity index (χ1) is 8.86. The van der Waals surface area contributed by atoms with Crippen molar-refractivity contribution < 1.29 is 13.2 Å². The van der Waals surface area contributed by atoms with E-state index in [4.69, 9.17) is 5.73 Å². The van der Waals surface area contributed by atoms with Gasteiger partial charge in [-0.25, -0.2) is 4.98 Å². The molecule has 0 fully saturated rings. The molecule has 0 aliphatic carbocycles. The maximum atomic E-state index is 12.6. The van der Waals surface area contributed by atoms with Crippen LogP contribution in [0.3, 0.4) is 0 Å². The smallest absolute Gasteiger partial charge is 0.328 e. The lowest BCUT2D eigenvalue weighted by Crippen LogP contribution is -2.17. The summed E-state index contributed by atoms with van der Waals surface area (Å²) in [5.41, 5.74) is 6.05. The molecule has 0 aliphatic heterocycles. The zero-order valence-corrected chi connectivity index (χ0v) is 11.1. The Bertz CT molecular complexity index is 561. The van der Waals surface area contributed by atoms with E-state index in [-0.39, 0.29) is 6.04 Å². The summed E-state index contributed by atoms with van der Waals surface area (Å²) in [7, 11) is 0. The number of nitrogens with zero attached hydrogens (tertiary/aromatic N) is 1. The van der Waals surface area contributed by atoms with Crippen molar-refractivity contribution in [2.45, 2.75) is 25.6 Å². The molecular formula is C13H13F3N2S. The molecule has 1 atom stereocenters. The summed E-state index contributed by atoms with van der Waals surface area (Å²) in [4.78, 5) is 4.31. The second-order valence-corrected chi connectivity index (χ2v) is 5.33. The predicted octanol–water partition coefficient (Wildman–Crippen LogP) is 3.72. The monoisotopic (exact) mass is 286 g/mol. The highest BCUT2D eigenvalue weighted by molar-refractivity contribution is 7.09. The van der Waals surface area contributed by atoms with Crippen molar-refractivity contribution in [1.29, 1.82) is 0 Å². The zero-order chi connectivity index (χ0) is 14.0. The van der Waals surface area contributed by atoms with Gasteiger partial charge in [-0.15, -0.1) is 11.3 Å². The molecule has 1 unspecified atom stereocenters. The third-order valence-corrected chi connectivity index (χ3v) is 3.41. The van der Waals surface area contributed by atoms with Gasteiger partial charge in [-0.05, 0) is 19.1 Å². The zero-order valence-electron chi connectivity index (χ0n) is 10.2. The Morgan fingerprint density at radius 2 is 2.11 bits per heavy atom. The second kappa shape index (κ2) is 5.30. The minimum Gasteiger partial charge on any atom is -0.328 e. The van der Waals surface area contributed by atoms with Crippen LogP contribution >= 0.6 is 11.3 Å². The van der Waals surface area contributed by atoms with E-state index < -0.39 is 11.7 Å². The summed E-state index contributed by atoms with van der Waals surface area (Å²) in [6.45, 7) is 1.87. The van der Waals surface area contributed by atoms with Crippen LogP contribution in [0, 0.1) is 0 Å². The Balaban J connectivity index is 2.29. The Labute approximate surface area is 113 Å². The molecule has 2 N–H and O–H groups in total. The molecular weight excluding hydrogens is 273 g/mol. The molecule has 2 nitrogen and oxygen atoms in total. The molecule has 0 saturated carbocycles. The lowest BCUT2D eigenvalue weighted by Gasteiger charge is -2.07. The number of benzene rings is 1. The van der Waals surface area contributed by atoms with E-state index in [0.29, 0.717) is 17.7 Å². The molecule has 0 saturated heterocycles. The molecule has 0 amide bonds. The van der Waals surface area contributed by atoms with Crippen LogP contribution in [-0.4, -0.2) is 11.0 Å². The van der Waals surface area contributed by atoms with Gasteiger partial charge < -0.3 is 5.73 Å². The fourth-order valence-electron chi connectivity index (χ4n) is 1.67. The summed E-state index contributed by atoms with van der Waals surface area (Å²) < 4.78 is 37.9. The van der Waals surface area contributed by atoms with Crippen LogP contribution in [-0.2, 0) is 12.6 Å². The molecule has 2 rings (SSSR count). The third-order valence-electron chi connectivity index (χ3n) is 2.53. The molecule has 19 heavy (non-hydrogen) atoms. The fourth-order valence-corrected chi connectivity index (χ4v) is 2.61. The summed E-state index contributed by atoms with van der Waals surface area (Å²) in [5, 5.41) is 2.59. The Hall–Kier alpha value is -1.40. The molecule has 0 spiro atoms. The van der Waals surface area contributed by atoms with Crippen LogP contribution in [0.4, 0.5) is 13.2 Å². The van der Waals surface area contributed by atoms with Gasteiger partial charge in [0, 0.05) is 23.4 Å². The number of alkyl halides is 3. The standard InChI is InChI=1S/C13H13F3N2S/c1-8(17)5-12-18-11(7-19-12)9-3-2-4-10(6-9)13(14,15)16/h2-4,6-8H,5,17H2,1H3. The largest absolute Gasteiger partial charge is 0.416 e. The number of rotatable bonds is 3. The Morgan fingerprint density at radius 1 is 1.37 bits per heavy atom. The van der Waals surface area contributed by atoms with Crippen molar-refractivity contribution in [2.24, 2.45) is 5.73 Å². The molecule has 1 aromatic heterocycles. The Kier molecular flexibility index (Phi) is 3.91. The number of thiazole rings is 1. The van der Waals surface area contributed by atoms with Crippen LogP contribution in [0.5, 0.6) is 0 Å². The van der Waals surface area contributed by atoms with Crippen molar-refractivity contribution in [1.82, 2.24) is 4.98 Å². The number of hydrogen-bond donors (Lipinski definition) is 1. The van der Waals surface area contributed by atoms with Crippen LogP contribution in [0.1, 0.15) is 17.5 Å². The molecule has 2 aromatic rings. The van der Waals surface area contributed by atoms with Crippen LogP contribution < -0.4 is 5.73 Å². The van der Waals surface area contributed by atoms with E-state index in [1.165, 1.54) is 17.4 Å². The van der Waals surface area contributed by atoms with Gasteiger partial charge in [0.05, 0.1) is 16.3 Å². The first-order valence-corrected chi connectivity index (χ1v) is 6.62. The van der Waals surface area contributed by atoms with E-state index in [1.54, 1.807) is 11.4 Å². The van der Waals surface area contributed by atoms with Gasteiger partial charge in [0.2, 0.25) is 0 Å². The second-order valence-electron chi connectivity index (χ2n) is 4.39. The summed E-state index contributed by atoms with van der Waals surface area (Å²) >= 11 is 1.41. The molecule has 0 aliphatic rings. The molecule has 6 heteroatoms.